The van der Waals surface area contributed by atoms with Gasteiger partial charge >= 0.3 is 0 Å². The van der Waals surface area contributed by atoms with E-state index in [1.807, 2.05) is 6.92 Å². The van der Waals surface area contributed by atoms with Gasteiger partial charge in [-0.05, 0) is 30.9 Å². The minimum absolute atomic E-state index is 0.144. The summed E-state index contributed by atoms with van der Waals surface area (Å²) in [5.74, 6) is 0.219. The molecule has 0 aromatic heterocycles. The first-order chi connectivity index (χ1) is 8.06. The highest BCUT2D eigenvalue weighted by atomic mass is 32.2. The molecule has 0 saturated carbocycles. The van der Waals surface area contributed by atoms with E-state index in [0.717, 1.165) is 12.8 Å². The van der Waals surface area contributed by atoms with Crippen LogP contribution in [0.15, 0.2) is 35.2 Å². The molecule has 0 heterocycles. The monoisotopic (exact) mass is 257 g/mol. The molecule has 1 aromatic carbocycles. The van der Waals surface area contributed by atoms with Crippen LogP contribution in [0.3, 0.4) is 0 Å². The summed E-state index contributed by atoms with van der Waals surface area (Å²) in [7, 11) is -3.38. The van der Waals surface area contributed by atoms with Crippen molar-refractivity contribution in [2.75, 3.05) is 13.2 Å². The first-order valence-corrected chi connectivity index (χ1v) is 7.20. The number of aliphatic hydroxyl groups is 1. The van der Waals surface area contributed by atoms with Gasteiger partial charge < -0.3 is 5.11 Å². The average molecular weight is 257 g/mol. The number of benzene rings is 1. The van der Waals surface area contributed by atoms with Gasteiger partial charge in [0, 0.05) is 13.2 Å². The van der Waals surface area contributed by atoms with Crippen LogP contribution in [0.2, 0.25) is 0 Å². The molecular formula is C12H19NO3S. The van der Waals surface area contributed by atoms with Crippen LogP contribution in [0, 0.1) is 5.92 Å². The average Bonchev–Trinajstić information content (AvgIpc) is 2.35. The fraction of sp³-hybridized carbons (Fsp3) is 0.500. The molecule has 1 aromatic rings. The number of hydrogen-bond donors (Lipinski definition) is 2. The lowest BCUT2D eigenvalue weighted by Crippen LogP contribution is -2.25. The van der Waals surface area contributed by atoms with Crippen molar-refractivity contribution in [1.29, 1.82) is 0 Å². The Hall–Kier alpha value is -0.910. The zero-order chi connectivity index (χ0) is 12.7. The van der Waals surface area contributed by atoms with E-state index in [1.54, 1.807) is 30.3 Å². The topological polar surface area (TPSA) is 66.4 Å². The summed E-state index contributed by atoms with van der Waals surface area (Å²) < 4.78 is 26.1. The lowest BCUT2D eigenvalue weighted by Gasteiger charge is -2.09. The van der Waals surface area contributed by atoms with Gasteiger partial charge in [-0.25, -0.2) is 13.1 Å². The van der Waals surface area contributed by atoms with Crippen LogP contribution < -0.4 is 4.72 Å². The lowest BCUT2D eigenvalue weighted by atomic mass is 10.1. The summed E-state index contributed by atoms with van der Waals surface area (Å²) in [5.41, 5.74) is 0. The summed E-state index contributed by atoms with van der Waals surface area (Å²) in [6, 6.07) is 8.31. The quantitative estimate of drug-likeness (QED) is 0.725. The molecule has 4 nitrogen and oxygen atoms in total. The molecule has 0 fully saturated rings. The Morgan fingerprint density at radius 1 is 1.29 bits per heavy atom. The van der Waals surface area contributed by atoms with Crippen molar-refractivity contribution in [1.82, 2.24) is 4.72 Å². The third-order valence-corrected chi connectivity index (χ3v) is 4.01. The Morgan fingerprint density at radius 3 is 2.53 bits per heavy atom. The molecule has 0 bridgehead atoms. The fourth-order valence-electron chi connectivity index (χ4n) is 1.43. The van der Waals surface area contributed by atoms with E-state index >= 15 is 0 Å². The second-order valence-electron chi connectivity index (χ2n) is 4.14. The van der Waals surface area contributed by atoms with Crippen LogP contribution in [0.1, 0.15) is 19.8 Å². The van der Waals surface area contributed by atoms with Gasteiger partial charge in [0.05, 0.1) is 4.90 Å². The van der Waals surface area contributed by atoms with E-state index < -0.39 is 10.0 Å². The van der Waals surface area contributed by atoms with Gasteiger partial charge in [-0.1, -0.05) is 25.1 Å². The van der Waals surface area contributed by atoms with Crippen LogP contribution >= 0.6 is 0 Å². The number of rotatable bonds is 7. The number of hydrogen-bond acceptors (Lipinski definition) is 3. The minimum atomic E-state index is -3.38. The van der Waals surface area contributed by atoms with Gasteiger partial charge in [-0.2, -0.15) is 0 Å². The smallest absolute Gasteiger partial charge is 0.240 e. The van der Waals surface area contributed by atoms with Gasteiger partial charge in [0.25, 0.3) is 0 Å². The van der Waals surface area contributed by atoms with Crippen molar-refractivity contribution in [2.24, 2.45) is 5.92 Å². The molecule has 17 heavy (non-hydrogen) atoms. The van der Waals surface area contributed by atoms with Crippen molar-refractivity contribution in [2.45, 2.75) is 24.7 Å². The molecule has 1 atom stereocenters. The summed E-state index contributed by atoms with van der Waals surface area (Å²) in [4.78, 5) is 0.287. The maximum absolute atomic E-state index is 11.8. The van der Waals surface area contributed by atoms with Gasteiger partial charge in [0.15, 0.2) is 0 Å². The molecule has 5 heteroatoms. The van der Waals surface area contributed by atoms with Crippen molar-refractivity contribution >= 4 is 10.0 Å². The third-order valence-electron chi connectivity index (χ3n) is 2.53. The van der Waals surface area contributed by atoms with Gasteiger partial charge in [-0.3, -0.25) is 0 Å². The molecule has 96 valence electrons. The van der Waals surface area contributed by atoms with Crippen molar-refractivity contribution in [3.05, 3.63) is 30.3 Å². The summed E-state index contributed by atoms with van der Waals surface area (Å²) in [5, 5.41) is 8.83. The minimum Gasteiger partial charge on any atom is -0.396 e. The standard InChI is InChI=1S/C12H19NO3S/c1-11(10-14)6-5-9-13-17(15,16)12-7-3-2-4-8-12/h2-4,7-8,11,13-14H,5-6,9-10H2,1H3. The molecule has 2 N–H and O–H groups in total. The molecule has 0 radical (unpaired) electrons. The Bertz CT molecular complexity index is 417. The van der Waals surface area contributed by atoms with E-state index in [-0.39, 0.29) is 17.4 Å². The number of sulfonamides is 1. The molecule has 0 aliphatic carbocycles. The Kier molecular flexibility index (Phi) is 5.61. The van der Waals surface area contributed by atoms with E-state index in [2.05, 4.69) is 4.72 Å². The Morgan fingerprint density at radius 2 is 1.94 bits per heavy atom. The van der Waals surface area contributed by atoms with E-state index in [1.165, 1.54) is 0 Å². The van der Waals surface area contributed by atoms with Crippen molar-refractivity contribution in [3.63, 3.8) is 0 Å². The molecular weight excluding hydrogens is 238 g/mol. The van der Waals surface area contributed by atoms with Crippen LogP contribution in [-0.2, 0) is 10.0 Å². The molecule has 0 saturated heterocycles. The molecule has 0 aliphatic heterocycles. The maximum Gasteiger partial charge on any atom is 0.240 e. The number of aliphatic hydroxyl groups excluding tert-OH is 1. The summed E-state index contributed by atoms with van der Waals surface area (Å²) in [6.45, 7) is 2.48. The lowest BCUT2D eigenvalue weighted by molar-refractivity contribution is 0.228. The van der Waals surface area contributed by atoms with E-state index in [4.69, 9.17) is 5.11 Å². The largest absolute Gasteiger partial charge is 0.396 e. The SMILES string of the molecule is CC(CO)CCCNS(=O)(=O)c1ccccc1. The fourth-order valence-corrected chi connectivity index (χ4v) is 2.53. The third kappa shape index (κ3) is 4.85. The molecule has 1 rings (SSSR count). The second-order valence-corrected chi connectivity index (χ2v) is 5.91. The highest BCUT2D eigenvalue weighted by molar-refractivity contribution is 7.89. The number of nitrogens with one attached hydrogen (secondary N) is 1. The molecule has 0 aliphatic rings. The zero-order valence-electron chi connectivity index (χ0n) is 9.96. The molecule has 0 spiro atoms. The summed E-state index contributed by atoms with van der Waals surface area (Å²) >= 11 is 0. The van der Waals surface area contributed by atoms with Crippen molar-refractivity contribution in [3.8, 4) is 0 Å². The first-order valence-electron chi connectivity index (χ1n) is 5.72. The van der Waals surface area contributed by atoms with Crippen LogP contribution in [0.4, 0.5) is 0 Å². The Labute approximate surface area is 103 Å². The Balaban J connectivity index is 2.41. The second kappa shape index (κ2) is 6.74. The maximum atomic E-state index is 11.8. The molecule has 1 unspecified atom stereocenters. The predicted molar refractivity (Wildman–Crippen MR) is 67.1 cm³/mol. The highest BCUT2D eigenvalue weighted by Gasteiger charge is 2.12. The zero-order valence-corrected chi connectivity index (χ0v) is 10.8. The highest BCUT2D eigenvalue weighted by Crippen LogP contribution is 2.08. The van der Waals surface area contributed by atoms with E-state index in [9.17, 15) is 8.42 Å². The molecule has 0 amide bonds. The first kappa shape index (κ1) is 14.2. The normalized spacial score (nSPS) is 13.5. The van der Waals surface area contributed by atoms with Gasteiger partial charge in [0.1, 0.15) is 0 Å². The van der Waals surface area contributed by atoms with Gasteiger partial charge in [0.2, 0.25) is 10.0 Å². The van der Waals surface area contributed by atoms with Crippen LogP contribution in [-0.4, -0.2) is 26.7 Å². The predicted octanol–water partition coefficient (Wildman–Crippen LogP) is 1.37. The van der Waals surface area contributed by atoms with Crippen LogP contribution in [0.25, 0.3) is 0 Å². The van der Waals surface area contributed by atoms with Crippen molar-refractivity contribution < 1.29 is 13.5 Å². The van der Waals surface area contributed by atoms with Crippen LogP contribution in [0.5, 0.6) is 0 Å². The van der Waals surface area contributed by atoms with Gasteiger partial charge in [-0.15, -0.1) is 0 Å². The summed E-state index contributed by atoms with van der Waals surface area (Å²) in [6.07, 6.45) is 1.54. The van der Waals surface area contributed by atoms with E-state index in [0.29, 0.717) is 6.54 Å².